The van der Waals surface area contributed by atoms with Crippen LogP contribution in [0, 0.1) is 6.92 Å². The van der Waals surface area contributed by atoms with Crippen LogP contribution in [0.25, 0.3) is 0 Å². The monoisotopic (exact) mass is 326 g/mol. The zero-order valence-corrected chi connectivity index (χ0v) is 13.7. The van der Waals surface area contributed by atoms with Crippen molar-refractivity contribution in [1.82, 2.24) is 15.0 Å². The van der Waals surface area contributed by atoms with Crippen molar-refractivity contribution < 1.29 is 13.2 Å². The Balaban J connectivity index is 1.89. The van der Waals surface area contributed by atoms with E-state index in [2.05, 4.69) is 19.9 Å². The minimum absolute atomic E-state index is 0.00456. The molecule has 7 nitrogen and oxygen atoms in total. The molecule has 0 saturated carbocycles. The van der Waals surface area contributed by atoms with Gasteiger partial charge in [0.25, 0.3) is 0 Å². The highest BCUT2D eigenvalue weighted by molar-refractivity contribution is 7.88. The summed E-state index contributed by atoms with van der Waals surface area (Å²) in [5.74, 6) is 0.600. The van der Waals surface area contributed by atoms with Crippen LogP contribution in [0.3, 0.4) is 0 Å². The quantitative estimate of drug-likeness (QED) is 0.796. The molecule has 2 N–H and O–H groups in total. The van der Waals surface area contributed by atoms with Crippen molar-refractivity contribution >= 4 is 21.7 Å². The van der Waals surface area contributed by atoms with E-state index in [0.29, 0.717) is 6.54 Å². The fourth-order valence-corrected chi connectivity index (χ4v) is 2.88. The summed E-state index contributed by atoms with van der Waals surface area (Å²) in [6.45, 7) is 3.31. The largest absolute Gasteiger partial charge is 0.355 e. The highest BCUT2D eigenvalue weighted by atomic mass is 32.2. The number of piperidine rings is 1. The Hall–Kier alpha value is -1.67. The third-order valence-corrected chi connectivity index (χ3v) is 4.15. The molecular formula is C14H22N4O3S. The van der Waals surface area contributed by atoms with Gasteiger partial charge in [0.15, 0.2) is 0 Å². The average Bonchev–Trinajstić information content (AvgIpc) is 2.45. The van der Waals surface area contributed by atoms with Gasteiger partial charge in [-0.1, -0.05) is 6.07 Å². The van der Waals surface area contributed by atoms with Crippen LogP contribution in [0.1, 0.15) is 18.5 Å². The van der Waals surface area contributed by atoms with Gasteiger partial charge in [-0.2, -0.15) is 0 Å². The van der Waals surface area contributed by atoms with E-state index < -0.39 is 10.0 Å². The van der Waals surface area contributed by atoms with Crippen LogP contribution < -0.4 is 14.9 Å². The zero-order valence-electron chi connectivity index (χ0n) is 12.9. The molecule has 1 aliphatic heterocycles. The molecule has 2 rings (SSSR count). The number of amides is 1. The standard InChI is InChI=1S/C14H22N4O3S/c1-11-5-3-7-13(16-11)18-8-4-6-12(10-18)17-14(19)9-15-22(2,20)21/h3,5,7,12,15H,4,6,8-10H2,1-2H3,(H,17,19). The van der Waals surface area contributed by atoms with Crippen molar-refractivity contribution in [2.24, 2.45) is 0 Å². The van der Waals surface area contributed by atoms with Crippen molar-refractivity contribution in [3.63, 3.8) is 0 Å². The number of rotatable bonds is 5. The number of aromatic nitrogens is 1. The summed E-state index contributed by atoms with van der Waals surface area (Å²) in [5, 5.41) is 2.87. The second-order valence-electron chi connectivity index (χ2n) is 5.58. The third-order valence-electron chi connectivity index (χ3n) is 3.48. The fraction of sp³-hybridized carbons (Fsp3) is 0.571. The molecule has 0 aromatic carbocycles. The number of pyridine rings is 1. The lowest BCUT2D eigenvalue weighted by molar-refractivity contribution is -0.120. The van der Waals surface area contributed by atoms with Gasteiger partial charge < -0.3 is 10.2 Å². The molecule has 1 aromatic heterocycles. The van der Waals surface area contributed by atoms with Crippen molar-refractivity contribution in [1.29, 1.82) is 0 Å². The van der Waals surface area contributed by atoms with Crippen LogP contribution in [-0.4, -0.2) is 51.2 Å². The SMILES string of the molecule is Cc1cccc(N2CCCC(NC(=O)CNS(C)(=O)=O)C2)n1. The number of sulfonamides is 1. The summed E-state index contributed by atoms with van der Waals surface area (Å²) in [5.41, 5.74) is 0.959. The van der Waals surface area contributed by atoms with Crippen LogP contribution in [0.2, 0.25) is 0 Å². The van der Waals surface area contributed by atoms with E-state index in [1.807, 2.05) is 25.1 Å². The molecule has 1 unspecified atom stereocenters. The molecule has 22 heavy (non-hydrogen) atoms. The van der Waals surface area contributed by atoms with Gasteiger partial charge in [-0.15, -0.1) is 0 Å². The Morgan fingerprint density at radius 3 is 2.91 bits per heavy atom. The summed E-state index contributed by atoms with van der Waals surface area (Å²) in [4.78, 5) is 18.4. The van der Waals surface area contributed by atoms with E-state index in [0.717, 1.165) is 37.2 Å². The Labute approximate surface area is 131 Å². The maximum atomic E-state index is 11.8. The Morgan fingerprint density at radius 1 is 1.45 bits per heavy atom. The number of nitrogens with zero attached hydrogens (tertiary/aromatic N) is 2. The van der Waals surface area contributed by atoms with Gasteiger partial charge in [0, 0.05) is 24.8 Å². The molecule has 8 heteroatoms. The summed E-state index contributed by atoms with van der Waals surface area (Å²) >= 11 is 0. The van der Waals surface area contributed by atoms with Crippen LogP contribution >= 0.6 is 0 Å². The lowest BCUT2D eigenvalue weighted by Crippen LogP contribution is -2.50. The predicted molar refractivity (Wildman–Crippen MR) is 85.2 cm³/mol. The minimum atomic E-state index is -3.35. The maximum absolute atomic E-state index is 11.8. The van der Waals surface area contributed by atoms with Crippen LogP contribution in [0.15, 0.2) is 18.2 Å². The molecule has 1 amide bonds. The molecular weight excluding hydrogens is 304 g/mol. The smallest absolute Gasteiger partial charge is 0.235 e. The van der Waals surface area contributed by atoms with Gasteiger partial charge in [-0.25, -0.2) is 18.1 Å². The topological polar surface area (TPSA) is 91.4 Å². The number of aryl methyl sites for hydroxylation is 1. The highest BCUT2D eigenvalue weighted by Gasteiger charge is 2.22. The first kappa shape index (κ1) is 16.7. The molecule has 0 spiro atoms. The summed E-state index contributed by atoms with van der Waals surface area (Å²) in [6.07, 6.45) is 2.87. The van der Waals surface area contributed by atoms with Gasteiger partial charge in [-0.3, -0.25) is 4.79 Å². The molecule has 1 atom stereocenters. The number of nitrogens with one attached hydrogen (secondary N) is 2. The van der Waals surface area contributed by atoms with Crippen molar-refractivity contribution in [2.75, 3.05) is 30.8 Å². The molecule has 1 fully saturated rings. The Kier molecular flexibility index (Phi) is 5.36. The van der Waals surface area contributed by atoms with Crippen molar-refractivity contribution in [3.8, 4) is 0 Å². The van der Waals surface area contributed by atoms with E-state index in [4.69, 9.17) is 0 Å². The zero-order chi connectivity index (χ0) is 16.2. The first-order valence-corrected chi connectivity index (χ1v) is 9.15. The van der Waals surface area contributed by atoms with Gasteiger partial charge in [0.05, 0.1) is 12.8 Å². The van der Waals surface area contributed by atoms with Crippen molar-refractivity contribution in [3.05, 3.63) is 23.9 Å². The van der Waals surface area contributed by atoms with E-state index in [9.17, 15) is 13.2 Å². The second-order valence-corrected chi connectivity index (χ2v) is 7.42. The molecule has 1 aromatic rings. The molecule has 1 saturated heterocycles. The number of hydrogen-bond acceptors (Lipinski definition) is 5. The van der Waals surface area contributed by atoms with E-state index >= 15 is 0 Å². The number of carbonyl (C=O) groups excluding carboxylic acids is 1. The molecule has 1 aliphatic rings. The normalized spacial score (nSPS) is 19.0. The summed E-state index contributed by atoms with van der Waals surface area (Å²) < 4.78 is 24.2. The Morgan fingerprint density at radius 2 is 2.23 bits per heavy atom. The van der Waals surface area contributed by atoms with Crippen molar-refractivity contribution in [2.45, 2.75) is 25.8 Å². The number of hydrogen-bond donors (Lipinski definition) is 2. The van der Waals surface area contributed by atoms with Crippen LogP contribution in [0.4, 0.5) is 5.82 Å². The first-order chi connectivity index (χ1) is 10.3. The van der Waals surface area contributed by atoms with Gasteiger partial charge in [0.2, 0.25) is 15.9 Å². The Bertz CT molecular complexity index is 633. The van der Waals surface area contributed by atoms with Gasteiger partial charge in [0.1, 0.15) is 5.82 Å². The van der Waals surface area contributed by atoms with Crippen LogP contribution in [0.5, 0.6) is 0 Å². The lowest BCUT2D eigenvalue weighted by atomic mass is 10.1. The lowest BCUT2D eigenvalue weighted by Gasteiger charge is -2.34. The molecule has 122 valence electrons. The van der Waals surface area contributed by atoms with E-state index in [-0.39, 0.29) is 18.5 Å². The number of carbonyl (C=O) groups is 1. The average molecular weight is 326 g/mol. The molecule has 0 aliphatic carbocycles. The maximum Gasteiger partial charge on any atom is 0.235 e. The van der Waals surface area contributed by atoms with Gasteiger partial charge in [-0.05, 0) is 31.9 Å². The highest BCUT2D eigenvalue weighted by Crippen LogP contribution is 2.18. The molecule has 0 radical (unpaired) electrons. The first-order valence-electron chi connectivity index (χ1n) is 7.26. The minimum Gasteiger partial charge on any atom is -0.355 e. The van der Waals surface area contributed by atoms with E-state index in [1.54, 1.807) is 0 Å². The predicted octanol–water partition coefficient (Wildman–Crippen LogP) is 0.0242. The summed E-state index contributed by atoms with van der Waals surface area (Å²) in [7, 11) is -3.35. The third kappa shape index (κ3) is 5.27. The summed E-state index contributed by atoms with van der Waals surface area (Å²) in [6, 6.07) is 5.88. The van der Waals surface area contributed by atoms with Crippen LogP contribution in [-0.2, 0) is 14.8 Å². The molecule has 0 bridgehead atoms. The molecule has 2 heterocycles. The second kappa shape index (κ2) is 7.06. The number of anilines is 1. The fourth-order valence-electron chi connectivity index (χ4n) is 2.48. The van der Waals surface area contributed by atoms with Gasteiger partial charge >= 0.3 is 0 Å². The van der Waals surface area contributed by atoms with E-state index in [1.165, 1.54) is 0 Å².